The zero-order chi connectivity index (χ0) is 14.7. The molecule has 20 heavy (non-hydrogen) atoms. The van der Waals surface area contributed by atoms with Crippen LogP contribution in [0, 0.1) is 5.82 Å². The Balaban J connectivity index is 2.32. The number of carbonyl (C=O) groups is 2. The van der Waals surface area contributed by atoms with Crippen LogP contribution in [-0.4, -0.2) is 17.0 Å². The summed E-state index contributed by atoms with van der Waals surface area (Å²) in [6.07, 6.45) is 0. The van der Waals surface area contributed by atoms with Crippen molar-refractivity contribution >= 4 is 33.5 Å². The van der Waals surface area contributed by atoms with E-state index in [0.29, 0.717) is 10.0 Å². The van der Waals surface area contributed by atoms with Gasteiger partial charge in [0.05, 0.1) is 11.3 Å². The second kappa shape index (κ2) is 5.83. The zero-order valence-electron chi connectivity index (χ0n) is 10.1. The number of rotatable bonds is 3. The molecule has 6 heteroatoms. The average molecular weight is 338 g/mol. The van der Waals surface area contributed by atoms with Gasteiger partial charge in [-0.05, 0) is 36.4 Å². The van der Waals surface area contributed by atoms with Gasteiger partial charge in [-0.15, -0.1) is 0 Å². The number of halogens is 2. The van der Waals surface area contributed by atoms with E-state index >= 15 is 0 Å². The topological polar surface area (TPSA) is 66.4 Å². The Hall–Kier alpha value is -2.21. The Kier molecular flexibility index (Phi) is 4.14. The van der Waals surface area contributed by atoms with E-state index in [9.17, 15) is 14.0 Å². The molecule has 2 aromatic rings. The van der Waals surface area contributed by atoms with Gasteiger partial charge >= 0.3 is 5.97 Å². The maximum Gasteiger partial charge on any atom is 0.337 e. The predicted octanol–water partition coefficient (Wildman–Crippen LogP) is 3.54. The maximum absolute atomic E-state index is 13.2. The molecule has 0 saturated heterocycles. The van der Waals surface area contributed by atoms with Gasteiger partial charge < -0.3 is 10.4 Å². The normalized spacial score (nSPS) is 10.1. The van der Waals surface area contributed by atoms with Crippen molar-refractivity contribution in [1.82, 2.24) is 0 Å². The van der Waals surface area contributed by atoms with Gasteiger partial charge in [-0.1, -0.05) is 22.0 Å². The zero-order valence-corrected chi connectivity index (χ0v) is 11.6. The molecule has 0 heterocycles. The summed E-state index contributed by atoms with van der Waals surface area (Å²) in [5.74, 6) is -2.38. The van der Waals surface area contributed by atoms with Crippen molar-refractivity contribution in [2.24, 2.45) is 0 Å². The number of nitrogens with one attached hydrogen (secondary N) is 1. The van der Waals surface area contributed by atoms with Gasteiger partial charge in [-0.3, -0.25) is 4.79 Å². The Morgan fingerprint density at radius 1 is 1.15 bits per heavy atom. The fourth-order valence-corrected chi connectivity index (χ4v) is 2.03. The summed E-state index contributed by atoms with van der Waals surface area (Å²) in [7, 11) is 0. The predicted molar refractivity (Wildman–Crippen MR) is 75.5 cm³/mol. The molecule has 0 aliphatic heterocycles. The lowest BCUT2D eigenvalue weighted by Crippen LogP contribution is -2.15. The molecular formula is C14H9BrFNO3. The third-order valence-corrected chi connectivity index (χ3v) is 3.04. The molecule has 0 saturated carbocycles. The minimum atomic E-state index is -1.24. The summed E-state index contributed by atoms with van der Waals surface area (Å²) in [5.41, 5.74) is 0.0807. The molecule has 0 spiro atoms. The summed E-state index contributed by atoms with van der Waals surface area (Å²) in [6.45, 7) is 0. The van der Waals surface area contributed by atoms with Crippen molar-refractivity contribution in [1.29, 1.82) is 0 Å². The van der Waals surface area contributed by atoms with Crippen LogP contribution in [0.3, 0.4) is 0 Å². The highest BCUT2D eigenvalue weighted by atomic mass is 79.9. The van der Waals surface area contributed by atoms with E-state index in [2.05, 4.69) is 21.2 Å². The van der Waals surface area contributed by atoms with Gasteiger partial charge in [0, 0.05) is 10.0 Å². The lowest BCUT2D eigenvalue weighted by Gasteiger charge is -2.09. The van der Waals surface area contributed by atoms with Gasteiger partial charge in [0.25, 0.3) is 5.91 Å². The summed E-state index contributed by atoms with van der Waals surface area (Å²) >= 11 is 3.23. The van der Waals surface area contributed by atoms with Crippen LogP contribution in [0.25, 0.3) is 0 Å². The van der Waals surface area contributed by atoms with Gasteiger partial charge in [-0.2, -0.15) is 0 Å². The molecule has 2 N–H and O–H groups in total. The highest BCUT2D eigenvalue weighted by Gasteiger charge is 2.14. The molecule has 0 radical (unpaired) electrons. The molecule has 0 aliphatic carbocycles. The van der Waals surface area contributed by atoms with Crippen molar-refractivity contribution < 1.29 is 19.1 Å². The Labute approximate surface area is 122 Å². The molecule has 1 amide bonds. The van der Waals surface area contributed by atoms with Crippen molar-refractivity contribution in [3.05, 3.63) is 63.9 Å². The van der Waals surface area contributed by atoms with E-state index in [1.54, 1.807) is 24.3 Å². The molecule has 2 rings (SSSR count). The van der Waals surface area contributed by atoms with Crippen LogP contribution in [0.2, 0.25) is 0 Å². The van der Waals surface area contributed by atoms with Gasteiger partial charge in [0.15, 0.2) is 0 Å². The van der Waals surface area contributed by atoms with E-state index in [4.69, 9.17) is 5.11 Å². The minimum absolute atomic E-state index is 0.0810. The Morgan fingerprint density at radius 3 is 2.55 bits per heavy atom. The monoisotopic (exact) mass is 337 g/mol. The summed E-state index contributed by atoms with van der Waals surface area (Å²) in [6, 6.07) is 9.67. The second-order valence-corrected chi connectivity index (χ2v) is 4.88. The smallest absolute Gasteiger partial charge is 0.337 e. The average Bonchev–Trinajstić information content (AvgIpc) is 2.38. The van der Waals surface area contributed by atoms with Gasteiger partial charge in [-0.25, -0.2) is 9.18 Å². The van der Waals surface area contributed by atoms with Crippen LogP contribution in [0.5, 0.6) is 0 Å². The number of anilines is 1. The van der Waals surface area contributed by atoms with Crippen LogP contribution >= 0.6 is 15.9 Å². The number of carboxylic acid groups (broad SMARTS) is 1. The molecule has 2 aromatic carbocycles. The number of hydrogen-bond acceptors (Lipinski definition) is 2. The quantitative estimate of drug-likeness (QED) is 0.900. The van der Waals surface area contributed by atoms with Crippen LogP contribution < -0.4 is 5.32 Å². The lowest BCUT2D eigenvalue weighted by atomic mass is 10.1. The first-order chi connectivity index (χ1) is 9.47. The third-order valence-electron chi connectivity index (χ3n) is 2.55. The minimum Gasteiger partial charge on any atom is -0.478 e. The highest BCUT2D eigenvalue weighted by Crippen LogP contribution is 2.19. The molecule has 0 unspecified atom stereocenters. The number of aromatic carboxylic acids is 1. The van der Waals surface area contributed by atoms with Gasteiger partial charge in [0.1, 0.15) is 5.82 Å². The number of hydrogen-bond donors (Lipinski definition) is 2. The summed E-state index contributed by atoms with van der Waals surface area (Å²) in [5, 5.41) is 11.4. The second-order valence-electron chi connectivity index (χ2n) is 3.96. The summed E-state index contributed by atoms with van der Waals surface area (Å²) < 4.78 is 13.9. The number of benzene rings is 2. The van der Waals surface area contributed by atoms with E-state index in [-0.39, 0.29) is 11.3 Å². The SMILES string of the molecule is O=C(Nc1cc(F)ccc1C(=O)O)c1cccc(Br)c1. The molecular weight excluding hydrogens is 329 g/mol. The fraction of sp³-hybridized carbons (Fsp3) is 0. The standard InChI is InChI=1S/C14H9BrFNO3/c15-9-3-1-2-8(6-9)13(18)17-12-7-10(16)4-5-11(12)14(19)20/h1-7H,(H,17,18)(H,19,20). The largest absolute Gasteiger partial charge is 0.478 e. The fourth-order valence-electron chi connectivity index (χ4n) is 1.63. The van der Waals surface area contributed by atoms with E-state index in [1.165, 1.54) is 0 Å². The third kappa shape index (κ3) is 3.21. The molecule has 0 fully saturated rings. The van der Waals surface area contributed by atoms with Crippen LogP contribution in [-0.2, 0) is 0 Å². The van der Waals surface area contributed by atoms with Crippen LogP contribution in [0.4, 0.5) is 10.1 Å². The van der Waals surface area contributed by atoms with E-state index in [1.807, 2.05) is 0 Å². The summed E-state index contributed by atoms with van der Waals surface area (Å²) in [4.78, 5) is 23.0. The van der Waals surface area contributed by atoms with Crippen molar-refractivity contribution in [3.8, 4) is 0 Å². The Morgan fingerprint density at radius 2 is 1.90 bits per heavy atom. The Bertz CT molecular complexity index is 688. The first-order valence-corrected chi connectivity index (χ1v) is 6.36. The molecule has 4 nitrogen and oxygen atoms in total. The van der Waals surface area contributed by atoms with Crippen molar-refractivity contribution in [3.63, 3.8) is 0 Å². The maximum atomic E-state index is 13.2. The molecule has 0 bridgehead atoms. The molecule has 102 valence electrons. The number of carboxylic acids is 1. The first kappa shape index (κ1) is 14.2. The van der Waals surface area contributed by atoms with E-state index < -0.39 is 17.7 Å². The molecule has 0 atom stereocenters. The lowest BCUT2D eigenvalue weighted by molar-refractivity contribution is 0.0698. The molecule has 0 aliphatic rings. The van der Waals surface area contributed by atoms with Gasteiger partial charge in [0.2, 0.25) is 0 Å². The first-order valence-electron chi connectivity index (χ1n) is 5.57. The van der Waals surface area contributed by atoms with Crippen LogP contribution in [0.15, 0.2) is 46.9 Å². The number of amides is 1. The highest BCUT2D eigenvalue weighted by molar-refractivity contribution is 9.10. The van der Waals surface area contributed by atoms with Crippen molar-refractivity contribution in [2.45, 2.75) is 0 Å². The van der Waals surface area contributed by atoms with Crippen LogP contribution in [0.1, 0.15) is 20.7 Å². The number of carbonyl (C=O) groups excluding carboxylic acids is 1. The van der Waals surface area contributed by atoms with E-state index in [0.717, 1.165) is 18.2 Å². The molecule has 0 aromatic heterocycles. The van der Waals surface area contributed by atoms with Crippen molar-refractivity contribution in [2.75, 3.05) is 5.32 Å².